The lowest BCUT2D eigenvalue weighted by molar-refractivity contribution is 0.0971. The van der Waals surface area contributed by atoms with Gasteiger partial charge in [0.1, 0.15) is 6.04 Å². The van der Waals surface area contributed by atoms with Gasteiger partial charge in [0.2, 0.25) is 0 Å². The van der Waals surface area contributed by atoms with Crippen molar-refractivity contribution in [1.82, 2.24) is 4.98 Å². The number of hydrogen-bond donors (Lipinski definition) is 3. The molecule has 3 aromatic carbocycles. The summed E-state index contributed by atoms with van der Waals surface area (Å²) in [4.78, 5) is 16.9. The largest absolute Gasteiger partial charge is 0.392 e. The average molecular weight is 384 g/mol. The van der Waals surface area contributed by atoms with E-state index >= 15 is 0 Å². The second-order valence-corrected chi connectivity index (χ2v) is 7.11. The van der Waals surface area contributed by atoms with Gasteiger partial charge in [0.25, 0.3) is 0 Å². The van der Waals surface area contributed by atoms with E-state index in [1.54, 1.807) is 0 Å². The van der Waals surface area contributed by atoms with Crippen molar-refractivity contribution in [3.63, 3.8) is 0 Å². The van der Waals surface area contributed by atoms with E-state index in [9.17, 15) is 9.90 Å². The summed E-state index contributed by atoms with van der Waals surface area (Å²) in [6.45, 7) is 2.07. The molecule has 4 aromatic rings. The predicted octanol–water partition coefficient (Wildman–Crippen LogP) is 5.26. The molecule has 0 bridgehead atoms. The van der Waals surface area contributed by atoms with Crippen LogP contribution >= 0.6 is 0 Å². The first-order valence-electron chi connectivity index (χ1n) is 9.85. The number of para-hydroxylation sites is 1. The minimum Gasteiger partial charge on any atom is -0.392 e. The Bertz CT molecular complexity index is 1130. The summed E-state index contributed by atoms with van der Waals surface area (Å²) in [5.74, 6) is 0.00473. The molecule has 146 valence electrons. The van der Waals surface area contributed by atoms with Gasteiger partial charge >= 0.3 is 0 Å². The number of aliphatic hydroxyl groups is 1. The third-order valence-electron chi connectivity index (χ3n) is 5.26. The van der Waals surface area contributed by atoms with Gasteiger partial charge in [-0.1, -0.05) is 67.6 Å². The smallest absolute Gasteiger partial charge is 0.191 e. The Morgan fingerprint density at radius 1 is 1.03 bits per heavy atom. The molecule has 1 unspecified atom stereocenters. The normalized spacial score (nSPS) is 12.1. The summed E-state index contributed by atoms with van der Waals surface area (Å²) in [5, 5.41) is 13.8. The molecular formula is C25H24N2O2. The highest BCUT2D eigenvalue weighted by Crippen LogP contribution is 2.29. The van der Waals surface area contributed by atoms with Crippen molar-refractivity contribution >= 4 is 22.4 Å². The first kappa shape index (κ1) is 19.0. The standard InChI is InChI=1S/C25H24N2O2/c1-2-18-11-7-13-21-22(15-26-23(18)21)25(29)24(19-9-4-3-5-10-19)27-20-12-6-8-17(14-20)16-28/h3-15,24,26-28H,2,16H2,1H3. The van der Waals surface area contributed by atoms with Crippen LogP contribution in [0.15, 0.2) is 79.0 Å². The number of rotatable bonds is 7. The Labute approximate surface area is 170 Å². The zero-order valence-corrected chi connectivity index (χ0v) is 16.4. The van der Waals surface area contributed by atoms with Gasteiger partial charge < -0.3 is 15.4 Å². The molecule has 0 aliphatic carbocycles. The molecule has 4 rings (SSSR count). The number of carbonyl (C=O) groups is 1. The lowest BCUT2D eigenvalue weighted by Gasteiger charge is -2.20. The number of aryl methyl sites for hydroxylation is 1. The summed E-state index contributed by atoms with van der Waals surface area (Å²) in [5.41, 5.74) is 5.39. The summed E-state index contributed by atoms with van der Waals surface area (Å²) in [7, 11) is 0. The molecule has 0 aliphatic heterocycles. The number of ketones is 1. The summed E-state index contributed by atoms with van der Waals surface area (Å²) in [6, 6.07) is 22.8. The van der Waals surface area contributed by atoms with Gasteiger partial charge in [-0.2, -0.15) is 0 Å². The number of anilines is 1. The van der Waals surface area contributed by atoms with Crippen LogP contribution in [0.25, 0.3) is 10.9 Å². The zero-order chi connectivity index (χ0) is 20.2. The van der Waals surface area contributed by atoms with Crippen LogP contribution in [-0.2, 0) is 13.0 Å². The monoisotopic (exact) mass is 384 g/mol. The number of benzene rings is 3. The second-order valence-electron chi connectivity index (χ2n) is 7.11. The highest BCUT2D eigenvalue weighted by Gasteiger charge is 2.25. The maximum Gasteiger partial charge on any atom is 0.191 e. The van der Waals surface area contributed by atoms with Crippen LogP contribution in [-0.4, -0.2) is 15.9 Å². The molecule has 0 saturated carbocycles. The van der Waals surface area contributed by atoms with Crippen molar-refractivity contribution in [3.05, 3.63) is 101 Å². The molecule has 4 heteroatoms. The fraction of sp³-hybridized carbons (Fsp3) is 0.160. The Morgan fingerprint density at radius 2 is 1.83 bits per heavy atom. The molecular weight excluding hydrogens is 360 g/mol. The fourth-order valence-electron chi connectivity index (χ4n) is 3.74. The average Bonchev–Trinajstić information content (AvgIpc) is 3.22. The van der Waals surface area contributed by atoms with E-state index in [-0.39, 0.29) is 12.4 Å². The molecule has 3 N–H and O–H groups in total. The second kappa shape index (κ2) is 8.33. The van der Waals surface area contributed by atoms with Crippen molar-refractivity contribution in [2.75, 3.05) is 5.32 Å². The molecule has 1 atom stereocenters. The predicted molar refractivity (Wildman–Crippen MR) is 117 cm³/mol. The van der Waals surface area contributed by atoms with Gasteiger partial charge in [-0.15, -0.1) is 0 Å². The van der Waals surface area contributed by atoms with Gasteiger partial charge in [-0.3, -0.25) is 4.79 Å². The van der Waals surface area contributed by atoms with Gasteiger partial charge in [0, 0.05) is 28.4 Å². The maximum absolute atomic E-state index is 13.6. The first-order valence-corrected chi connectivity index (χ1v) is 9.85. The highest BCUT2D eigenvalue weighted by atomic mass is 16.3. The van der Waals surface area contributed by atoms with E-state index in [0.717, 1.165) is 34.1 Å². The molecule has 1 aromatic heterocycles. The van der Waals surface area contributed by atoms with Gasteiger partial charge in [0.15, 0.2) is 5.78 Å². The molecule has 1 heterocycles. The zero-order valence-electron chi connectivity index (χ0n) is 16.4. The Hall–Kier alpha value is -3.37. The first-order chi connectivity index (χ1) is 14.2. The van der Waals surface area contributed by atoms with E-state index in [1.807, 2.05) is 72.9 Å². The highest BCUT2D eigenvalue weighted by molar-refractivity contribution is 6.12. The van der Waals surface area contributed by atoms with Crippen LogP contribution in [0.3, 0.4) is 0 Å². The number of fused-ring (bicyclic) bond motifs is 1. The third kappa shape index (κ3) is 3.80. The van der Waals surface area contributed by atoms with Crippen molar-refractivity contribution in [2.24, 2.45) is 0 Å². The number of aromatic nitrogens is 1. The van der Waals surface area contributed by atoms with Crippen LogP contribution in [0, 0.1) is 0 Å². The van der Waals surface area contributed by atoms with Gasteiger partial charge in [0.05, 0.1) is 6.61 Å². The number of aromatic amines is 1. The molecule has 0 aliphatic rings. The molecule has 29 heavy (non-hydrogen) atoms. The van der Waals surface area contributed by atoms with Crippen LogP contribution < -0.4 is 5.32 Å². The molecule has 4 nitrogen and oxygen atoms in total. The molecule has 0 fully saturated rings. The topological polar surface area (TPSA) is 65.1 Å². The van der Waals surface area contributed by atoms with Gasteiger partial charge in [-0.25, -0.2) is 0 Å². The molecule has 0 spiro atoms. The number of H-pyrrole nitrogens is 1. The summed E-state index contributed by atoms with van der Waals surface area (Å²) >= 11 is 0. The minimum atomic E-state index is -0.533. The number of aliphatic hydroxyl groups excluding tert-OH is 1. The number of carbonyl (C=O) groups excluding carboxylic acids is 1. The maximum atomic E-state index is 13.6. The Kier molecular flexibility index (Phi) is 5.45. The van der Waals surface area contributed by atoms with Crippen molar-refractivity contribution in [1.29, 1.82) is 0 Å². The van der Waals surface area contributed by atoms with Crippen molar-refractivity contribution < 1.29 is 9.90 Å². The Morgan fingerprint density at radius 3 is 2.59 bits per heavy atom. The summed E-state index contributed by atoms with van der Waals surface area (Å²) in [6.07, 6.45) is 2.72. The minimum absolute atomic E-state index is 0.00473. The van der Waals surface area contributed by atoms with Crippen molar-refractivity contribution in [3.8, 4) is 0 Å². The lowest BCUT2D eigenvalue weighted by Crippen LogP contribution is -2.21. The fourth-order valence-corrected chi connectivity index (χ4v) is 3.74. The molecule has 0 amide bonds. The third-order valence-corrected chi connectivity index (χ3v) is 5.26. The van der Waals surface area contributed by atoms with E-state index in [4.69, 9.17) is 0 Å². The molecule has 0 saturated heterocycles. The number of nitrogens with one attached hydrogen (secondary N) is 2. The number of hydrogen-bond acceptors (Lipinski definition) is 3. The van der Waals surface area contributed by atoms with Crippen LogP contribution in [0.4, 0.5) is 5.69 Å². The molecule has 0 radical (unpaired) electrons. The van der Waals surface area contributed by atoms with E-state index in [0.29, 0.717) is 5.56 Å². The van der Waals surface area contributed by atoms with Crippen molar-refractivity contribution in [2.45, 2.75) is 26.0 Å². The Balaban J connectivity index is 1.76. The summed E-state index contributed by atoms with van der Waals surface area (Å²) < 4.78 is 0. The van der Waals surface area contributed by atoms with Crippen LogP contribution in [0.1, 0.15) is 40.0 Å². The SMILES string of the molecule is CCc1cccc2c(C(=O)C(Nc3cccc(CO)c3)c3ccccc3)c[nH]c12. The van der Waals surface area contributed by atoms with Crippen LogP contribution in [0.2, 0.25) is 0 Å². The van der Waals surface area contributed by atoms with Crippen LogP contribution in [0.5, 0.6) is 0 Å². The van der Waals surface area contributed by atoms with E-state index < -0.39 is 6.04 Å². The lowest BCUT2D eigenvalue weighted by atomic mass is 9.96. The van der Waals surface area contributed by atoms with E-state index in [1.165, 1.54) is 5.56 Å². The van der Waals surface area contributed by atoms with Gasteiger partial charge in [-0.05, 0) is 35.2 Å². The number of Topliss-reactive ketones (excluding diaryl/α,β-unsaturated/α-hetero) is 1. The quantitative estimate of drug-likeness (QED) is 0.381. The van der Waals surface area contributed by atoms with E-state index in [2.05, 4.69) is 23.3 Å².